The van der Waals surface area contributed by atoms with Gasteiger partial charge in [-0.3, -0.25) is 9.59 Å². The van der Waals surface area contributed by atoms with Crippen molar-refractivity contribution in [3.05, 3.63) is 30.1 Å². The lowest BCUT2D eigenvalue weighted by Crippen LogP contribution is -2.38. The number of anilines is 1. The Kier molecular flexibility index (Phi) is 5.25. The van der Waals surface area contributed by atoms with Crippen LogP contribution in [0.25, 0.3) is 0 Å². The quantitative estimate of drug-likeness (QED) is 0.871. The topological polar surface area (TPSA) is 57.6 Å². The first-order valence-corrected chi connectivity index (χ1v) is 6.62. The molecule has 0 aliphatic heterocycles. The van der Waals surface area contributed by atoms with Gasteiger partial charge in [-0.05, 0) is 25.0 Å². The Labute approximate surface area is 118 Å². The van der Waals surface area contributed by atoms with Gasteiger partial charge >= 0.3 is 5.97 Å². The lowest BCUT2D eigenvalue weighted by molar-refractivity contribution is -0.152. The highest BCUT2D eigenvalue weighted by molar-refractivity contribution is 5.96. The van der Waals surface area contributed by atoms with Crippen LogP contribution in [0.4, 0.5) is 10.1 Å². The summed E-state index contributed by atoms with van der Waals surface area (Å²) in [5.74, 6) is -1.89. The van der Waals surface area contributed by atoms with E-state index in [4.69, 9.17) is 0 Å². The molecule has 0 bridgehead atoms. The van der Waals surface area contributed by atoms with Crippen LogP contribution in [0.2, 0.25) is 0 Å². The highest BCUT2D eigenvalue weighted by atomic mass is 19.1. The minimum absolute atomic E-state index is 0.139. The van der Waals surface area contributed by atoms with Crippen LogP contribution in [0, 0.1) is 11.2 Å². The summed E-state index contributed by atoms with van der Waals surface area (Å²) in [5.41, 5.74) is -0.930. The smallest absolute Gasteiger partial charge is 0.310 e. The van der Waals surface area contributed by atoms with Gasteiger partial charge in [0.1, 0.15) is 5.82 Å². The third-order valence-corrected chi connectivity index (χ3v) is 3.88. The second-order valence-electron chi connectivity index (χ2n) is 4.87. The van der Waals surface area contributed by atoms with E-state index in [0.717, 1.165) is 0 Å². The summed E-state index contributed by atoms with van der Waals surface area (Å²) in [6.45, 7) is 3.49. The van der Waals surface area contributed by atoms with Gasteiger partial charge in [0.2, 0.25) is 5.91 Å². The Balaban J connectivity index is 2.96. The predicted octanol–water partition coefficient (Wildman–Crippen LogP) is 3.07. The van der Waals surface area contributed by atoms with Crippen LogP contribution in [-0.4, -0.2) is 24.0 Å². The molecule has 1 aromatic carbocycles. The molecule has 110 valence electrons. The van der Waals surface area contributed by atoms with Crippen molar-refractivity contribution in [3.8, 4) is 0 Å². The van der Waals surface area contributed by atoms with Crippen LogP contribution in [0.3, 0.4) is 0 Å². The number of carbonyl (C=O) groups excluding carboxylic acids is 1. The molecule has 0 fully saturated rings. The number of nitrogens with zero attached hydrogens (tertiary/aromatic N) is 1. The zero-order chi connectivity index (χ0) is 15.3. The van der Waals surface area contributed by atoms with Gasteiger partial charge in [-0.15, -0.1) is 0 Å². The minimum Gasteiger partial charge on any atom is -0.481 e. The molecule has 0 saturated heterocycles. The fourth-order valence-electron chi connectivity index (χ4n) is 2.14. The predicted molar refractivity (Wildman–Crippen MR) is 75.1 cm³/mol. The Bertz CT molecular complexity index is 498. The Morgan fingerprint density at radius 3 is 2.25 bits per heavy atom. The molecular formula is C15H20FNO3. The summed E-state index contributed by atoms with van der Waals surface area (Å²) >= 11 is 0. The molecule has 0 aliphatic carbocycles. The molecule has 0 unspecified atom stereocenters. The molecule has 20 heavy (non-hydrogen) atoms. The monoisotopic (exact) mass is 281 g/mol. The van der Waals surface area contributed by atoms with Gasteiger partial charge in [-0.25, -0.2) is 4.39 Å². The number of halogens is 1. The van der Waals surface area contributed by atoms with Crippen molar-refractivity contribution >= 4 is 17.6 Å². The number of rotatable bonds is 6. The third-order valence-electron chi connectivity index (χ3n) is 3.88. The molecule has 5 heteroatoms. The molecule has 0 saturated carbocycles. The summed E-state index contributed by atoms with van der Waals surface area (Å²) in [6, 6.07) is 5.93. The van der Waals surface area contributed by atoms with E-state index in [1.807, 2.05) is 0 Å². The number of benzene rings is 1. The van der Waals surface area contributed by atoms with Crippen molar-refractivity contribution in [2.45, 2.75) is 33.1 Å². The number of carbonyl (C=O) groups is 2. The normalized spacial score (nSPS) is 11.2. The molecule has 0 spiro atoms. The van der Waals surface area contributed by atoms with E-state index in [-0.39, 0.29) is 12.1 Å². The molecule has 1 rings (SSSR count). The summed E-state index contributed by atoms with van der Waals surface area (Å²) < 4.78 is 13.6. The molecule has 1 amide bonds. The van der Waals surface area contributed by atoms with Crippen LogP contribution in [0.15, 0.2) is 24.3 Å². The van der Waals surface area contributed by atoms with Crippen molar-refractivity contribution in [1.82, 2.24) is 0 Å². The molecule has 1 N–H and O–H groups in total. The fraction of sp³-hybridized carbons (Fsp3) is 0.467. The fourth-order valence-corrected chi connectivity index (χ4v) is 2.14. The first-order chi connectivity index (χ1) is 9.38. The molecule has 0 aliphatic rings. The first-order valence-electron chi connectivity index (χ1n) is 6.62. The summed E-state index contributed by atoms with van der Waals surface area (Å²) in [7, 11) is 1.46. The molecule has 4 nitrogen and oxygen atoms in total. The largest absolute Gasteiger partial charge is 0.481 e. The van der Waals surface area contributed by atoms with Gasteiger partial charge in [-0.1, -0.05) is 26.0 Å². The van der Waals surface area contributed by atoms with Crippen molar-refractivity contribution in [2.75, 3.05) is 11.9 Å². The zero-order valence-corrected chi connectivity index (χ0v) is 12.0. The zero-order valence-electron chi connectivity index (χ0n) is 12.0. The average molecular weight is 281 g/mol. The minimum atomic E-state index is -1.09. The van der Waals surface area contributed by atoms with Crippen molar-refractivity contribution < 1.29 is 19.1 Å². The number of carboxylic acids is 1. The SMILES string of the molecule is CCC(CC)(CC(=O)N(C)c1ccccc1F)C(=O)O. The molecular weight excluding hydrogens is 261 g/mol. The van der Waals surface area contributed by atoms with Crippen LogP contribution in [0.5, 0.6) is 0 Å². The summed E-state index contributed by atoms with van der Waals surface area (Å²) in [6.07, 6.45) is 0.575. The van der Waals surface area contributed by atoms with E-state index in [0.29, 0.717) is 12.8 Å². The Morgan fingerprint density at radius 2 is 1.80 bits per heavy atom. The maximum Gasteiger partial charge on any atom is 0.310 e. The molecule has 0 radical (unpaired) electrons. The van der Waals surface area contributed by atoms with Gasteiger partial charge in [0.15, 0.2) is 0 Å². The van der Waals surface area contributed by atoms with Crippen LogP contribution >= 0.6 is 0 Å². The highest BCUT2D eigenvalue weighted by Gasteiger charge is 2.38. The Hall–Kier alpha value is -1.91. The van der Waals surface area contributed by atoms with Crippen LogP contribution in [-0.2, 0) is 9.59 Å². The van der Waals surface area contributed by atoms with Crippen molar-refractivity contribution in [1.29, 1.82) is 0 Å². The molecule has 0 atom stereocenters. The molecule has 0 heterocycles. The number of carboxylic acid groups (broad SMARTS) is 1. The second kappa shape index (κ2) is 6.50. The maximum atomic E-state index is 13.6. The third kappa shape index (κ3) is 3.15. The average Bonchev–Trinajstić information content (AvgIpc) is 2.44. The van der Waals surface area contributed by atoms with Gasteiger partial charge < -0.3 is 10.0 Å². The van der Waals surface area contributed by atoms with E-state index >= 15 is 0 Å². The summed E-state index contributed by atoms with van der Waals surface area (Å²) in [5, 5.41) is 9.33. The van der Waals surface area contributed by atoms with Crippen LogP contribution in [0.1, 0.15) is 33.1 Å². The maximum absolute atomic E-state index is 13.6. The van der Waals surface area contributed by atoms with Gasteiger partial charge in [0.25, 0.3) is 0 Å². The highest BCUT2D eigenvalue weighted by Crippen LogP contribution is 2.32. The van der Waals surface area contributed by atoms with E-state index < -0.39 is 23.1 Å². The van der Waals surface area contributed by atoms with Gasteiger partial charge in [0, 0.05) is 13.5 Å². The number of amides is 1. The van der Waals surface area contributed by atoms with E-state index in [1.165, 1.54) is 30.1 Å². The standard InChI is InChI=1S/C15H20FNO3/c1-4-15(5-2,14(19)20)10-13(18)17(3)12-9-7-6-8-11(12)16/h6-9H,4-5,10H2,1-3H3,(H,19,20). The second-order valence-corrected chi connectivity index (χ2v) is 4.87. The van der Waals surface area contributed by atoms with E-state index in [1.54, 1.807) is 19.9 Å². The lowest BCUT2D eigenvalue weighted by atomic mass is 9.79. The number of hydrogen-bond acceptors (Lipinski definition) is 2. The Morgan fingerprint density at radius 1 is 1.25 bits per heavy atom. The van der Waals surface area contributed by atoms with Crippen molar-refractivity contribution in [3.63, 3.8) is 0 Å². The first kappa shape index (κ1) is 16.1. The lowest BCUT2D eigenvalue weighted by Gasteiger charge is -2.28. The van der Waals surface area contributed by atoms with E-state index in [2.05, 4.69) is 0 Å². The summed E-state index contributed by atoms with van der Waals surface area (Å²) in [4.78, 5) is 24.8. The number of aliphatic carboxylic acids is 1. The van der Waals surface area contributed by atoms with Gasteiger partial charge in [0.05, 0.1) is 11.1 Å². The van der Waals surface area contributed by atoms with Gasteiger partial charge in [-0.2, -0.15) is 0 Å². The molecule has 1 aromatic rings. The van der Waals surface area contributed by atoms with E-state index in [9.17, 15) is 19.1 Å². The van der Waals surface area contributed by atoms with Crippen LogP contribution < -0.4 is 4.90 Å². The number of para-hydroxylation sites is 1. The molecule has 0 aromatic heterocycles. The number of hydrogen-bond donors (Lipinski definition) is 1. The van der Waals surface area contributed by atoms with Crippen molar-refractivity contribution in [2.24, 2.45) is 5.41 Å².